The lowest BCUT2D eigenvalue weighted by Gasteiger charge is -2.33. The molecule has 1 aliphatic rings. The Balaban J connectivity index is 1.83. The first-order chi connectivity index (χ1) is 12.6. The lowest BCUT2D eigenvalue weighted by molar-refractivity contribution is -0.156. The van der Waals surface area contributed by atoms with E-state index in [0.717, 1.165) is 16.7 Å². The van der Waals surface area contributed by atoms with Gasteiger partial charge in [0.25, 0.3) is 0 Å². The van der Waals surface area contributed by atoms with E-state index in [-0.39, 0.29) is 18.7 Å². The summed E-state index contributed by atoms with van der Waals surface area (Å²) in [6.07, 6.45) is -7.74. The molecule has 2 aromatic rings. The number of nitrogens with zero attached hydrogens (tertiary/aromatic N) is 2. The average molecular weight is 386 g/mol. The van der Waals surface area contributed by atoms with E-state index in [1.165, 1.54) is 18.3 Å². The van der Waals surface area contributed by atoms with Crippen molar-refractivity contribution in [1.29, 1.82) is 0 Å². The van der Waals surface area contributed by atoms with Crippen LogP contribution in [0.3, 0.4) is 0 Å². The van der Waals surface area contributed by atoms with E-state index in [9.17, 15) is 38.4 Å². The molecule has 27 heavy (non-hydrogen) atoms. The number of aliphatic carboxylic acids is 1. The topological polar surface area (TPSA) is 116 Å². The average Bonchev–Trinajstić information content (AvgIpc) is 3.01. The Kier molecular flexibility index (Phi) is 4.98. The molecule has 146 valence electrons. The van der Waals surface area contributed by atoms with Crippen molar-refractivity contribution in [2.24, 2.45) is 0 Å². The largest absolute Gasteiger partial charge is 0.480 e. The van der Waals surface area contributed by atoms with Gasteiger partial charge in [0, 0.05) is 6.20 Å². The van der Waals surface area contributed by atoms with Gasteiger partial charge in [0.15, 0.2) is 6.04 Å². The maximum Gasteiger partial charge on any atom is 0.416 e. The molecule has 7 nitrogen and oxygen atoms in total. The van der Waals surface area contributed by atoms with E-state index in [4.69, 9.17) is 0 Å². The van der Waals surface area contributed by atoms with Crippen LogP contribution < -0.4 is 0 Å². The highest BCUT2D eigenvalue weighted by atomic mass is 19.4. The normalized spacial score (nSPS) is 25.3. The number of fused-ring (bicyclic) bond motifs is 1. The molecule has 3 rings (SSSR count). The number of aliphatic hydroxyl groups excluding tert-OH is 3. The predicted molar refractivity (Wildman–Crippen MR) is 84.7 cm³/mol. The molecule has 0 aliphatic carbocycles. The highest BCUT2D eigenvalue weighted by molar-refractivity contribution is 5.73. The molecule has 1 aromatic heterocycles. The van der Waals surface area contributed by atoms with Gasteiger partial charge in [-0.3, -0.25) is 0 Å². The van der Waals surface area contributed by atoms with Crippen LogP contribution in [0.1, 0.15) is 34.8 Å². The number of halogens is 3. The molecule has 0 radical (unpaired) electrons. The molecule has 0 saturated carbocycles. The second kappa shape index (κ2) is 6.95. The summed E-state index contributed by atoms with van der Waals surface area (Å²) in [5.74, 6) is -1.52. The lowest BCUT2D eigenvalue weighted by Crippen LogP contribution is -2.47. The number of hydrogen-bond donors (Lipinski definition) is 4. The molecule has 4 atom stereocenters. The fourth-order valence-electron chi connectivity index (χ4n) is 3.15. The Bertz CT molecular complexity index is 851. The Morgan fingerprint density at radius 2 is 1.85 bits per heavy atom. The monoisotopic (exact) mass is 386 g/mol. The minimum absolute atomic E-state index is 0.112. The van der Waals surface area contributed by atoms with E-state index in [1.54, 1.807) is 0 Å². The summed E-state index contributed by atoms with van der Waals surface area (Å²) in [6, 6.07) is 3.31. The molecule has 1 aliphatic heterocycles. The van der Waals surface area contributed by atoms with Crippen molar-refractivity contribution in [3.63, 3.8) is 0 Å². The molecule has 0 bridgehead atoms. The zero-order valence-electron chi connectivity index (χ0n) is 13.8. The number of carboxylic acids is 1. The summed E-state index contributed by atoms with van der Waals surface area (Å²) in [6.45, 7) is 0. The summed E-state index contributed by atoms with van der Waals surface area (Å²) in [5, 5.41) is 39.0. The number of aryl methyl sites for hydroxylation is 2. The van der Waals surface area contributed by atoms with Crippen LogP contribution in [0, 0.1) is 0 Å². The van der Waals surface area contributed by atoms with Gasteiger partial charge in [-0.25, -0.2) is 9.78 Å². The highest BCUT2D eigenvalue weighted by Crippen LogP contribution is 2.33. The number of carboxylic acid groups (broad SMARTS) is 1. The zero-order chi connectivity index (χ0) is 19.9. The van der Waals surface area contributed by atoms with Crippen molar-refractivity contribution in [2.45, 2.75) is 43.4 Å². The van der Waals surface area contributed by atoms with E-state index in [2.05, 4.69) is 4.98 Å². The van der Waals surface area contributed by atoms with Crippen molar-refractivity contribution in [3.05, 3.63) is 53.1 Å². The predicted octanol–water partition coefficient (Wildman–Crippen LogP) is 1.08. The molecule has 1 aromatic carbocycles. The lowest BCUT2D eigenvalue weighted by atomic mass is 9.96. The van der Waals surface area contributed by atoms with Crippen LogP contribution >= 0.6 is 0 Å². The third kappa shape index (κ3) is 3.68. The van der Waals surface area contributed by atoms with Crippen LogP contribution in [0.15, 0.2) is 30.5 Å². The first kappa shape index (κ1) is 19.3. The number of alkyl halides is 3. The molecule has 2 heterocycles. The molecule has 0 saturated heterocycles. The van der Waals surface area contributed by atoms with E-state index < -0.39 is 42.1 Å². The van der Waals surface area contributed by atoms with Crippen LogP contribution in [0.5, 0.6) is 0 Å². The number of aliphatic hydroxyl groups is 3. The van der Waals surface area contributed by atoms with Crippen LogP contribution in [-0.4, -0.2) is 48.2 Å². The second-order valence-electron chi connectivity index (χ2n) is 6.40. The first-order valence-electron chi connectivity index (χ1n) is 8.10. The van der Waals surface area contributed by atoms with Crippen molar-refractivity contribution < 1.29 is 38.4 Å². The van der Waals surface area contributed by atoms with Gasteiger partial charge in [0.05, 0.1) is 11.3 Å². The number of rotatable bonds is 4. The first-order valence-corrected chi connectivity index (χ1v) is 8.10. The smallest absolute Gasteiger partial charge is 0.416 e. The molecule has 0 fully saturated rings. The van der Waals surface area contributed by atoms with E-state index in [1.807, 2.05) is 0 Å². The number of hydrogen-bond acceptors (Lipinski definition) is 5. The van der Waals surface area contributed by atoms with Crippen molar-refractivity contribution in [3.8, 4) is 0 Å². The van der Waals surface area contributed by atoms with Gasteiger partial charge < -0.3 is 25.0 Å². The summed E-state index contributed by atoms with van der Waals surface area (Å²) in [5.41, 5.74) is -0.0167. The van der Waals surface area contributed by atoms with Gasteiger partial charge in [-0.1, -0.05) is 18.2 Å². The van der Waals surface area contributed by atoms with Gasteiger partial charge >= 0.3 is 12.1 Å². The maximum absolute atomic E-state index is 12.8. The van der Waals surface area contributed by atoms with Gasteiger partial charge in [0.1, 0.15) is 24.1 Å². The van der Waals surface area contributed by atoms with Gasteiger partial charge in [-0.05, 0) is 24.5 Å². The summed E-state index contributed by atoms with van der Waals surface area (Å²) in [4.78, 5) is 15.5. The Morgan fingerprint density at radius 3 is 2.48 bits per heavy atom. The molecule has 10 heteroatoms. The molecule has 0 spiro atoms. The van der Waals surface area contributed by atoms with Crippen LogP contribution in [0.2, 0.25) is 0 Å². The minimum atomic E-state index is -4.45. The number of imidazole rings is 1. The van der Waals surface area contributed by atoms with Gasteiger partial charge in [0.2, 0.25) is 0 Å². The van der Waals surface area contributed by atoms with Crippen molar-refractivity contribution in [2.75, 3.05) is 0 Å². The number of carbonyl (C=O) groups is 1. The minimum Gasteiger partial charge on any atom is -0.480 e. The third-order valence-electron chi connectivity index (χ3n) is 4.55. The zero-order valence-corrected chi connectivity index (χ0v) is 13.8. The third-order valence-corrected chi connectivity index (χ3v) is 4.55. The molecule has 0 amide bonds. The Morgan fingerprint density at radius 1 is 1.15 bits per heavy atom. The van der Waals surface area contributed by atoms with E-state index in [0.29, 0.717) is 11.3 Å². The van der Waals surface area contributed by atoms with Crippen LogP contribution in [-0.2, 0) is 23.8 Å². The molecular weight excluding hydrogens is 369 g/mol. The summed E-state index contributed by atoms with van der Waals surface area (Å²) >= 11 is 0. The maximum atomic E-state index is 12.8. The quantitative estimate of drug-likeness (QED) is 0.625. The molecular formula is C17H17F3N2O5. The molecule has 4 N–H and O–H groups in total. The van der Waals surface area contributed by atoms with Crippen LogP contribution in [0.25, 0.3) is 0 Å². The Labute approximate surface area is 151 Å². The van der Waals surface area contributed by atoms with Crippen molar-refractivity contribution >= 4 is 5.97 Å². The molecule has 0 unspecified atom stereocenters. The van der Waals surface area contributed by atoms with Crippen LogP contribution in [0.4, 0.5) is 13.2 Å². The van der Waals surface area contributed by atoms with E-state index >= 15 is 0 Å². The van der Waals surface area contributed by atoms with Gasteiger partial charge in [-0.2, -0.15) is 13.2 Å². The fraction of sp³-hybridized carbons (Fsp3) is 0.412. The number of aromatic nitrogens is 2. The number of benzene rings is 1. The van der Waals surface area contributed by atoms with Crippen molar-refractivity contribution in [1.82, 2.24) is 9.55 Å². The SMILES string of the molecule is O=C(O)[C@@H]1[C@@H](O)[C@H](O)[C@@H](O)c2nc(CCc3cccc(C(F)(F)F)c3)cn21. The summed E-state index contributed by atoms with van der Waals surface area (Å²) < 4.78 is 39.4. The highest BCUT2D eigenvalue weighted by Gasteiger charge is 2.45. The summed E-state index contributed by atoms with van der Waals surface area (Å²) in [7, 11) is 0. The Hall–Kier alpha value is -2.43. The van der Waals surface area contributed by atoms with Gasteiger partial charge in [-0.15, -0.1) is 0 Å². The second-order valence-corrected chi connectivity index (χ2v) is 6.40. The standard InChI is InChI=1S/C17H17F3N2O5/c18-17(19,20)9-3-1-2-8(6-9)4-5-10-7-22-11(16(26)27)12(23)13(24)14(25)15(22)21-10/h1-3,6-7,11-14,23-25H,4-5H2,(H,26,27)/t11-,12+,13-,14+/m0/s1. The fourth-order valence-corrected chi connectivity index (χ4v) is 3.15.